The lowest BCUT2D eigenvalue weighted by atomic mass is 9.76. The van der Waals surface area contributed by atoms with Crippen molar-refractivity contribution in [2.75, 3.05) is 6.61 Å². The fraction of sp³-hybridized carbons (Fsp3) is 0.400. The quantitative estimate of drug-likeness (QED) is 0.685. The number of ketones is 1. The molecule has 2 rings (SSSR count). The van der Waals surface area contributed by atoms with E-state index < -0.39 is 19.5 Å². The SMILES string of the molecule is CCOC1=C(C#C[Si](C)(C)C)C(=O)C1(O)c1ccco1. The van der Waals surface area contributed by atoms with Gasteiger partial charge in [0.15, 0.2) is 11.5 Å². The van der Waals surface area contributed by atoms with Crippen molar-refractivity contribution in [3.8, 4) is 11.5 Å². The number of Topliss-reactive ketones (excluding diaryl/α,β-unsaturated/α-hetero) is 1. The zero-order valence-electron chi connectivity index (χ0n) is 12.1. The van der Waals surface area contributed by atoms with Crippen LogP contribution in [0.1, 0.15) is 12.7 Å². The lowest BCUT2D eigenvalue weighted by Crippen LogP contribution is -2.48. The van der Waals surface area contributed by atoms with Crippen molar-refractivity contribution in [3.63, 3.8) is 0 Å². The molecule has 0 radical (unpaired) electrons. The monoisotopic (exact) mass is 290 g/mol. The Hall–Kier alpha value is -1.77. The fourth-order valence-electron chi connectivity index (χ4n) is 1.90. The van der Waals surface area contributed by atoms with Gasteiger partial charge in [-0.2, -0.15) is 0 Å². The number of carbonyl (C=O) groups excluding carboxylic acids is 1. The van der Waals surface area contributed by atoms with Crippen LogP contribution < -0.4 is 0 Å². The van der Waals surface area contributed by atoms with Gasteiger partial charge in [-0.3, -0.25) is 4.79 Å². The molecular formula is C15H18O4Si. The second-order valence-electron chi connectivity index (χ2n) is 5.65. The van der Waals surface area contributed by atoms with E-state index in [1.54, 1.807) is 19.1 Å². The van der Waals surface area contributed by atoms with Crippen LogP contribution in [0.2, 0.25) is 19.6 Å². The molecule has 1 aromatic rings. The Bertz CT molecular complexity index is 611. The van der Waals surface area contributed by atoms with Crippen molar-refractivity contribution in [1.29, 1.82) is 0 Å². The lowest BCUT2D eigenvalue weighted by Gasteiger charge is -2.35. The van der Waals surface area contributed by atoms with Crippen molar-refractivity contribution in [1.82, 2.24) is 0 Å². The normalized spacial score (nSPS) is 22.1. The minimum absolute atomic E-state index is 0.171. The number of rotatable bonds is 3. The average molecular weight is 290 g/mol. The molecule has 0 saturated carbocycles. The molecule has 1 N–H and O–H groups in total. The first-order valence-corrected chi connectivity index (χ1v) is 10.0. The summed E-state index contributed by atoms with van der Waals surface area (Å²) in [6.45, 7) is 8.40. The zero-order valence-corrected chi connectivity index (χ0v) is 13.1. The van der Waals surface area contributed by atoms with Crippen LogP contribution in [-0.4, -0.2) is 25.6 Å². The zero-order chi connectivity index (χ0) is 15.0. The van der Waals surface area contributed by atoms with Gasteiger partial charge in [0.05, 0.1) is 12.9 Å². The van der Waals surface area contributed by atoms with Gasteiger partial charge in [0.1, 0.15) is 13.6 Å². The molecule has 0 spiro atoms. The summed E-state index contributed by atoms with van der Waals surface area (Å²) in [5.74, 6) is 2.79. The maximum atomic E-state index is 12.2. The molecule has 0 aromatic carbocycles. The van der Waals surface area contributed by atoms with E-state index in [0.717, 1.165) is 0 Å². The van der Waals surface area contributed by atoms with Crippen LogP contribution in [0.5, 0.6) is 0 Å². The summed E-state index contributed by atoms with van der Waals surface area (Å²) in [4.78, 5) is 12.2. The van der Waals surface area contributed by atoms with Crippen molar-refractivity contribution >= 4 is 13.9 Å². The van der Waals surface area contributed by atoms with Crippen LogP contribution in [0.25, 0.3) is 0 Å². The molecule has 4 nitrogen and oxygen atoms in total. The third kappa shape index (κ3) is 2.33. The van der Waals surface area contributed by atoms with Gasteiger partial charge < -0.3 is 14.3 Å². The molecule has 0 aliphatic heterocycles. The molecule has 1 heterocycles. The average Bonchev–Trinajstić information content (AvgIpc) is 2.89. The molecule has 1 aliphatic carbocycles. The number of hydrogen-bond acceptors (Lipinski definition) is 4. The summed E-state index contributed by atoms with van der Waals surface area (Å²) >= 11 is 0. The second-order valence-corrected chi connectivity index (χ2v) is 10.4. The summed E-state index contributed by atoms with van der Waals surface area (Å²) in [5.41, 5.74) is 1.56. The summed E-state index contributed by atoms with van der Waals surface area (Å²) in [7, 11) is -1.61. The minimum atomic E-state index is -1.82. The van der Waals surface area contributed by atoms with Crippen molar-refractivity contribution in [2.24, 2.45) is 0 Å². The number of ether oxygens (including phenoxy) is 1. The Morgan fingerprint density at radius 2 is 2.15 bits per heavy atom. The third-order valence-corrected chi connectivity index (χ3v) is 3.72. The van der Waals surface area contributed by atoms with Gasteiger partial charge in [-0.25, -0.2) is 0 Å². The standard InChI is InChI=1S/C15H18O4Si/c1-5-18-14-11(8-10-20(2,3)4)13(16)15(14,17)12-7-6-9-19-12/h6-7,9,17H,5H2,1-4H3. The van der Waals surface area contributed by atoms with Crippen molar-refractivity contribution < 1.29 is 19.1 Å². The van der Waals surface area contributed by atoms with E-state index in [9.17, 15) is 9.90 Å². The van der Waals surface area contributed by atoms with Crippen LogP contribution in [0.15, 0.2) is 34.1 Å². The topological polar surface area (TPSA) is 59.7 Å². The highest BCUT2D eigenvalue weighted by Gasteiger charge is 2.57. The maximum Gasteiger partial charge on any atom is 0.245 e. The van der Waals surface area contributed by atoms with Gasteiger partial charge in [0, 0.05) is 0 Å². The molecule has 0 amide bonds. The van der Waals surface area contributed by atoms with E-state index in [1.165, 1.54) is 6.26 Å². The minimum Gasteiger partial charge on any atom is -0.493 e. The Morgan fingerprint density at radius 1 is 1.45 bits per heavy atom. The highest BCUT2D eigenvalue weighted by molar-refractivity contribution is 6.84. The number of hydrogen-bond donors (Lipinski definition) is 1. The molecule has 0 fully saturated rings. The lowest BCUT2D eigenvalue weighted by molar-refractivity contribution is -0.142. The Balaban J connectivity index is 2.46. The molecule has 0 bridgehead atoms. The van der Waals surface area contributed by atoms with Gasteiger partial charge in [-0.15, -0.1) is 5.54 Å². The Kier molecular flexibility index (Phi) is 3.63. The van der Waals surface area contributed by atoms with Crippen LogP contribution in [0.3, 0.4) is 0 Å². The number of carbonyl (C=O) groups is 1. The predicted octanol–water partition coefficient (Wildman–Crippen LogP) is 2.22. The smallest absolute Gasteiger partial charge is 0.245 e. The molecular weight excluding hydrogens is 272 g/mol. The van der Waals surface area contributed by atoms with Crippen molar-refractivity contribution in [3.05, 3.63) is 35.5 Å². The van der Waals surface area contributed by atoms with Crippen LogP contribution in [0.4, 0.5) is 0 Å². The third-order valence-electron chi connectivity index (χ3n) is 2.84. The molecule has 0 saturated heterocycles. The summed E-state index contributed by atoms with van der Waals surface area (Å²) in [6.07, 6.45) is 1.41. The van der Waals surface area contributed by atoms with Gasteiger partial charge in [0.25, 0.3) is 0 Å². The van der Waals surface area contributed by atoms with Gasteiger partial charge in [-0.05, 0) is 19.1 Å². The molecule has 1 aliphatic rings. The molecule has 1 atom stereocenters. The summed E-state index contributed by atoms with van der Waals surface area (Å²) in [6, 6.07) is 3.18. The summed E-state index contributed by atoms with van der Waals surface area (Å²) in [5, 5.41) is 10.5. The summed E-state index contributed by atoms with van der Waals surface area (Å²) < 4.78 is 10.6. The van der Waals surface area contributed by atoms with E-state index in [4.69, 9.17) is 9.15 Å². The predicted molar refractivity (Wildman–Crippen MR) is 77.4 cm³/mol. The largest absolute Gasteiger partial charge is 0.493 e. The van der Waals surface area contributed by atoms with Gasteiger partial charge in [-0.1, -0.05) is 25.6 Å². The van der Waals surface area contributed by atoms with E-state index in [-0.39, 0.29) is 17.1 Å². The first kappa shape index (κ1) is 14.6. The Labute approximate surface area is 119 Å². The van der Waals surface area contributed by atoms with E-state index in [1.807, 2.05) is 0 Å². The first-order valence-electron chi connectivity index (χ1n) is 6.52. The Morgan fingerprint density at radius 3 is 2.65 bits per heavy atom. The molecule has 20 heavy (non-hydrogen) atoms. The van der Waals surface area contributed by atoms with E-state index in [2.05, 4.69) is 31.1 Å². The highest BCUT2D eigenvalue weighted by atomic mass is 28.3. The highest BCUT2D eigenvalue weighted by Crippen LogP contribution is 2.43. The number of furan rings is 1. The van der Waals surface area contributed by atoms with Crippen LogP contribution in [0, 0.1) is 11.5 Å². The number of aliphatic hydroxyl groups is 1. The van der Waals surface area contributed by atoms with Crippen LogP contribution >= 0.6 is 0 Å². The van der Waals surface area contributed by atoms with E-state index >= 15 is 0 Å². The first-order chi connectivity index (χ1) is 9.30. The maximum absolute atomic E-state index is 12.2. The molecule has 5 heteroatoms. The molecule has 1 aromatic heterocycles. The second kappa shape index (κ2) is 4.96. The molecule has 1 unspecified atom stereocenters. The molecule has 106 valence electrons. The van der Waals surface area contributed by atoms with E-state index in [0.29, 0.717) is 6.61 Å². The van der Waals surface area contributed by atoms with Gasteiger partial charge in [0.2, 0.25) is 11.4 Å². The van der Waals surface area contributed by atoms with Crippen molar-refractivity contribution in [2.45, 2.75) is 32.2 Å². The van der Waals surface area contributed by atoms with Crippen LogP contribution in [-0.2, 0) is 15.1 Å². The van der Waals surface area contributed by atoms with Gasteiger partial charge >= 0.3 is 0 Å². The fourth-order valence-corrected chi connectivity index (χ4v) is 2.40.